The number of hydrogen-bond donors (Lipinski definition) is 1. The third-order valence-corrected chi connectivity index (χ3v) is 7.65. The lowest BCUT2D eigenvalue weighted by molar-refractivity contribution is 0.137. The quantitative estimate of drug-likeness (QED) is 0.844. The number of hydrogen-bond acceptors (Lipinski definition) is 5. The number of sulfonamides is 1. The Kier molecular flexibility index (Phi) is 4.59. The monoisotopic (exact) mass is 373 g/mol. The Morgan fingerprint density at radius 3 is 2.33 bits per heavy atom. The molecule has 118 valence electrons. The second-order valence-corrected chi connectivity index (χ2v) is 9.77. The molecule has 0 radical (unpaired) electrons. The number of sulfone groups is 1. The first-order valence-corrected chi connectivity index (χ1v) is 9.88. The maximum atomic E-state index is 12.5. The highest BCUT2D eigenvalue weighted by Crippen LogP contribution is 2.28. The SMILES string of the molecule is CN([C@@H]1CS(=O)(=O)C[C@H]1O)S(=O)(=O)c1ccc(Cl)c(Cl)c1. The predicted molar refractivity (Wildman–Crippen MR) is 79.9 cm³/mol. The van der Waals surface area contributed by atoms with Crippen LogP contribution in [0.5, 0.6) is 0 Å². The van der Waals surface area contributed by atoms with Crippen molar-refractivity contribution in [2.24, 2.45) is 0 Å². The minimum absolute atomic E-state index is 0.0748. The molecule has 2 rings (SSSR count). The van der Waals surface area contributed by atoms with Gasteiger partial charge in [0.25, 0.3) is 0 Å². The van der Waals surface area contributed by atoms with Gasteiger partial charge in [-0.05, 0) is 18.2 Å². The molecule has 1 aromatic carbocycles. The van der Waals surface area contributed by atoms with Crippen LogP contribution in [0.2, 0.25) is 10.0 Å². The number of nitrogens with zero attached hydrogens (tertiary/aromatic N) is 1. The molecule has 1 aliphatic rings. The first-order chi connectivity index (χ1) is 9.54. The van der Waals surface area contributed by atoms with Crippen LogP contribution in [0.15, 0.2) is 23.1 Å². The topological polar surface area (TPSA) is 91.8 Å². The fourth-order valence-electron chi connectivity index (χ4n) is 2.14. The van der Waals surface area contributed by atoms with Crippen molar-refractivity contribution < 1.29 is 21.9 Å². The van der Waals surface area contributed by atoms with Gasteiger partial charge < -0.3 is 5.11 Å². The van der Waals surface area contributed by atoms with Crippen LogP contribution in [0.1, 0.15) is 0 Å². The van der Waals surface area contributed by atoms with Crippen molar-refractivity contribution in [1.82, 2.24) is 4.31 Å². The summed E-state index contributed by atoms with van der Waals surface area (Å²) in [6.07, 6.45) is -1.25. The molecule has 2 atom stereocenters. The Morgan fingerprint density at radius 1 is 1.24 bits per heavy atom. The number of rotatable bonds is 3. The van der Waals surface area contributed by atoms with Crippen LogP contribution in [0.4, 0.5) is 0 Å². The molecule has 0 amide bonds. The average Bonchev–Trinajstić information content (AvgIpc) is 2.65. The summed E-state index contributed by atoms with van der Waals surface area (Å²) in [4.78, 5) is -0.115. The zero-order valence-electron chi connectivity index (χ0n) is 10.9. The summed E-state index contributed by atoms with van der Waals surface area (Å²) in [6.45, 7) is 0. The molecule has 6 nitrogen and oxygen atoms in total. The van der Waals surface area contributed by atoms with Crippen LogP contribution in [0.3, 0.4) is 0 Å². The third kappa shape index (κ3) is 3.35. The van der Waals surface area contributed by atoms with E-state index in [1.807, 2.05) is 0 Å². The average molecular weight is 374 g/mol. The normalized spacial score (nSPS) is 25.4. The highest BCUT2D eigenvalue weighted by Gasteiger charge is 2.43. The molecule has 0 saturated carbocycles. The summed E-state index contributed by atoms with van der Waals surface area (Å²) in [7, 11) is -6.20. The molecular formula is C11H13Cl2NO5S2. The van der Waals surface area contributed by atoms with E-state index >= 15 is 0 Å². The lowest BCUT2D eigenvalue weighted by Gasteiger charge is -2.25. The molecule has 0 spiro atoms. The Labute approximate surface area is 133 Å². The zero-order valence-corrected chi connectivity index (χ0v) is 14.0. The first kappa shape index (κ1) is 17.0. The van der Waals surface area contributed by atoms with Crippen LogP contribution in [-0.4, -0.2) is 56.9 Å². The van der Waals surface area contributed by atoms with Gasteiger partial charge in [0.2, 0.25) is 10.0 Å². The molecule has 1 saturated heterocycles. The van der Waals surface area contributed by atoms with E-state index in [4.69, 9.17) is 23.2 Å². The summed E-state index contributed by atoms with van der Waals surface area (Å²) in [5.41, 5.74) is 0. The second kappa shape index (κ2) is 5.68. The van der Waals surface area contributed by atoms with Gasteiger partial charge in [-0.1, -0.05) is 23.2 Å². The summed E-state index contributed by atoms with van der Waals surface area (Å²) in [5.74, 6) is -0.857. The summed E-state index contributed by atoms with van der Waals surface area (Å²) in [6, 6.07) is 2.78. The van der Waals surface area contributed by atoms with Gasteiger partial charge in [-0.15, -0.1) is 0 Å². The van der Waals surface area contributed by atoms with E-state index in [-0.39, 0.29) is 14.9 Å². The van der Waals surface area contributed by atoms with Gasteiger partial charge >= 0.3 is 0 Å². The van der Waals surface area contributed by atoms with Gasteiger partial charge in [0.15, 0.2) is 9.84 Å². The van der Waals surface area contributed by atoms with Crippen LogP contribution < -0.4 is 0 Å². The van der Waals surface area contributed by atoms with E-state index in [9.17, 15) is 21.9 Å². The van der Waals surface area contributed by atoms with Crippen molar-refractivity contribution in [3.63, 3.8) is 0 Å². The smallest absolute Gasteiger partial charge is 0.243 e. The molecule has 0 aromatic heterocycles. The molecule has 21 heavy (non-hydrogen) atoms. The maximum Gasteiger partial charge on any atom is 0.243 e. The van der Waals surface area contributed by atoms with Gasteiger partial charge in [-0.25, -0.2) is 16.8 Å². The van der Waals surface area contributed by atoms with Crippen molar-refractivity contribution in [1.29, 1.82) is 0 Å². The van der Waals surface area contributed by atoms with Gasteiger partial charge in [0.1, 0.15) is 0 Å². The number of benzene rings is 1. The molecule has 1 heterocycles. The molecule has 1 aromatic rings. The fraction of sp³-hybridized carbons (Fsp3) is 0.455. The summed E-state index contributed by atoms with van der Waals surface area (Å²) >= 11 is 11.5. The van der Waals surface area contributed by atoms with Crippen LogP contribution >= 0.6 is 23.2 Å². The lowest BCUT2D eigenvalue weighted by atomic mass is 10.2. The largest absolute Gasteiger partial charge is 0.390 e. The number of aliphatic hydroxyl groups excluding tert-OH is 1. The van der Waals surface area contributed by atoms with Crippen molar-refractivity contribution in [3.8, 4) is 0 Å². The number of halogens is 2. The zero-order chi connectivity index (χ0) is 16.0. The Morgan fingerprint density at radius 2 is 1.86 bits per heavy atom. The van der Waals surface area contributed by atoms with Crippen LogP contribution in [-0.2, 0) is 19.9 Å². The number of likely N-dealkylation sites (N-methyl/N-ethyl adjacent to an activating group) is 1. The van der Waals surface area contributed by atoms with Crippen molar-refractivity contribution in [3.05, 3.63) is 28.2 Å². The highest BCUT2D eigenvalue weighted by atomic mass is 35.5. The minimum atomic E-state index is -3.98. The van der Waals surface area contributed by atoms with Gasteiger partial charge in [0.05, 0.1) is 38.6 Å². The standard InChI is InChI=1S/C11H13Cl2NO5S2/c1-14(10-5-20(16,17)6-11(10)15)21(18,19)7-2-3-8(12)9(13)4-7/h2-4,10-11,15H,5-6H2,1H3/t10-,11-/m1/s1. The summed E-state index contributed by atoms with van der Waals surface area (Å²) in [5, 5.41) is 10.1. The van der Waals surface area contributed by atoms with Crippen molar-refractivity contribution >= 4 is 43.1 Å². The van der Waals surface area contributed by atoms with Gasteiger partial charge in [0, 0.05) is 7.05 Å². The molecule has 1 aliphatic heterocycles. The van der Waals surface area contributed by atoms with E-state index in [0.29, 0.717) is 0 Å². The minimum Gasteiger partial charge on any atom is -0.390 e. The van der Waals surface area contributed by atoms with E-state index in [1.165, 1.54) is 25.2 Å². The maximum absolute atomic E-state index is 12.5. The Balaban J connectivity index is 2.37. The molecule has 0 bridgehead atoms. The molecular weight excluding hydrogens is 361 g/mol. The van der Waals surface area contributed by atoms with E-state index in [0.717, 1.165) is 4.31 Å². The molecule has 0 aliphatic carbocycles. The van der Waals surface area contributed by atoms with Gasteiger partial charge in [-0.2, -0.15) is 4.31 Å². The fourth-order valence-corrected chi connectivity index (χ4v) is 5.85. The van der Waals surface area contributed by atoms with Crippen molar-refractivity contribution in [2.75, 3.05) is 18.6 Å². The van der Waals surface area contributed by atoms with Crippen LogP contribution in [0, 0.1) is 0 Å². The van der Waals surface area contributed by atoms with E-state index < -0.39 is 43.5 Å². The van der Waals surface area contributed by atoms with E-state index in [1.54, 1.807) is 0 Å². The Bertz CT molecular complexity index is 763. The van der Waals surface area contributed by atoms with E-state index in [2.05, 4.69) is 0 Å². The molecule has 1 N–H and O–H groups in total. The van der Waals surface area contributed by atoms with Crippen LogP contribution in [0.25, 0.3) is 0 Å². The summed E-state index contributed by atoms with van der Waals surface area (Å²) < 4.78 is 48.8. The lowest BCUT2D eigenvalue weighted by Crippen LogP contribution is -2.44. The first-order valence-electron chi connectivity index (χ1n) is 5.86. The molecule has 1 fully saturated rings. The molecule has 10 heteroatoms. The molecule has 0 unspecified atom stereocenters. The third-order valence-electron chi connectivity index (χ3n) is 3.33. The second-order valence-electron chi connectivity index (χ2n) is 4.81. The van der Waals surface area contributed by atoms with Gasteiger partial charge in [-0.3, -0.25) is 0 Å². The highest BCUT2D eigenvalue weighted by molar-refractivity contribution is 7.92. The predicted octanol–water partition coefficient (Wildman–Crippen LogP) is 0.772. The number of aliphatic hydroxyl groups is 1. The Hall–Kier alpha value is -0.380. The van der Waals surface area contributed by atoms with Crippen molar-refractivity contribution in [2.45, 2.75) is 17.0 Å².